The summed E-state index contributed by atoms with van der Waals surface area (Å²) in [4.78, 5) is 9.80. The molecule has 1 aromatic carbocycles. The fourth-order valence-electron chi connectivity index (χ4n) is 1.32. The number of carbonyl (C=O) groups is 1. The zero-order chi connectivity index (χ0) is 13.0. The molecule has 0 fully saturated rings. The van der Waals surface area contributed by atoms with Crippen molar-refractivity contribution in [3.05, 3.63) is 23.8 Å². The lowest BCUT2D eigenvalue weighted by Gasteiger charge is -2.15. The molecule has 0 bridgehead atoms. The van der Waals surface area contributed by atoms with Gasteiger partial charge in [0.2, 0.25) is 0 Å². The van der Waals surface area contributed by atoms with Crippen LogP contribution in [0.2, 0.25) is 0 Å². The number of hydrogen-bond acceptors (Lipinski definition) is 3. The van der Waals surface area contributed by atoms with Crippen LogP contribution in [0.1, 0.15) is 10.4 Å². The zero-order valence-electron chi connectivity index (χ0n) is 9.31. The smallest absolute Gasteiger partial charge is 0.318 e. The van der Waals surface area contributed by atoms with Crippen LogP contribution in [-0.4, -0.2) is 30.1 Å². The molecule has 0 unspecified atom stereocenters. The summed E-state index contributed by atoms with van der Waals surface area (Å²) in [6.45, 7) is 0. The first-order chi connectivity index (χ1) is 8.01. The predicted octanol–water partition coefficient (Wildman–Crippen LogP) is 2.99. The second kappa shape index (κ2) is 6.26. The van der Waals surface area contributed by atoms with E-state index in [0.717, 1.165) is 5.56 Å². The molecule has 0 aromatic heterocycles. The SMILES string of the molecule is COc1ccc([C@H](Br)[C@@H](Br)C(=O)O)cc1OC. The minimum atomic E-state index is -0.929. The molecule has 1 N–H and O–H groups in total. The lowest BCUT2D eigenvalue weighted by molar-refractivity contribution is -0.136. The number of halogens is 2. The maximum Gasteiger partial charge on any atom is 0.318 e. The van der Waals surface area contributed by atoms with Crippen molar-refractivity contribution in [1.82, 2.24) is 0 Å². The van der Waals surface area contributed by atoms with E-state index in [1.807, 2.05) is 0 Å². The van der Waals surface area contributed by atoms with Gasteiger partial charge in [-0.25, -0.2) is 0 Å². The van der Waals surface area contributed by atoms with Gasteiger partial charge < -0.3 is 14.6 Å². The summed E-state index contributed by atoms with van der Waals surface area (Å²) >= 11 is 6.45. The molecule has 0 amide bonds. The molecule has 0 spiro atoms. The van der Waals surface area contributed by atoms with Gasteiger partial charge in [-0.05, 0) is 17.7 Å². The number of carboxylic acid groups (broad SMARTS) is 1. The summed E-state index contributed by atoms with van der Waals surface area (Å²) in [6, 6.07) is 5.28. The Hall–Kier alpha value is -0.750. The van der Waals surface area contributed by atoms with Crippen molar-refractivity contribution in [2.45, 2.75) is 9.65 Å². The molecular weight excluding hydrogens is 356 g/mol. The Morgan fingerprint density at radius 3 is 2.29 bits per heavy atom. The minimum absolute atomic E-state index is 0.347. The van der Waals surface area contributed by atoms with Crippen molar-refractivity contribution < 1.29 is 19.4 Å². The van der Waals surface area contributed by atoms with Crippen molar-refractivity contribution in [1.29, 1.82) is 0 Å². The molecule has 0 radical (unpaired) electrons. The van der Waals surface area contributed by atoms with Crippen LogP contribution < -0.4 is 9.47 Å². The molecule has 0 heterocycles. The number of aliphatic carboxylic acids is 1. The molecule has 0 aliphatic carbocycles. The molecule has 6 heteroatoms. The standard InChI is InChI=1S/C11H12Br2O4/c1-16-7-4-3-6(5-8(7)17-2)9(12)10(13)11(14)15/h3-5,9-10H,1-2H3,(H,14,15)/t9-,10+/m0/s1. The Morgan fingerprint density at radius 1 is 1.24 bits per heavy atom. The monoisotopic (exact) mass is 366 g/mol. The normalized spacial score (nSPS) is 13.9. The Bertz CT molecular complexity index is 408. The van der Waals surface area contributed by atoms with Gasteiger partial charge in [-0.2, -0.15) is 0 Å². The number of carboxylic acids is 1. The average Bonchev–Trinajstić information content (AvgIpc) is 2.35. The first kappa shape index (κ1) is 14.3. The molecule has 17 heavy (non-hydrogen) atoms. The number of hydrogen-bond donors (Lipinski definition) is 1. The maximum atomic E-state index is 10.9. The van der Waals surface area contributed by atoms with E-state index in [-0.39, 0.29) is 4.83 Å². The van der Waals surface area contributed by atoms with E-state index in [9.17, 15) is 4.79 Å². The Kier molecular flexibility index (Phi) is 5.27. The summed E-state index contributed by atoms with van der Waals surface area (Å²) < 4.78 is 10.3. The molecule has 0 saturated carbocycles. The third-order valence-corrected chi connectivity index (χ3v) is 4.91. The van der Waals surface area contributed by atoms with E-state index in [1.165, 1.54) is 7.11 Å². The van der Waals surface area contributed by atoms with Gasteiger partial charge in [0.15, 0.2) is 11.5 Å². The highest BCUT2D eigenvalue weighted by atomic mass is 79.9. The van der Waals surface area contributed by atoms with Gasteiger partial charge in [0.1, 0.15) is 4.83 Å². The largest absolute Gasteiger partial charge is 0.493 e. The first-order valence-corrected chi connectivity index (χ1v) is 6.57. The molecule has 0 saturated heterocycles. The van der Waals surface area contributed by atoms with E-state index in [0.29, 0.717) is 11.5 Å². The number of alkyl halides is 2. The third kappa shape index (κ3) is 3.35. The molecule has 1 rings (SSSR count). The average molecular weight is 368 g/mol. The van der Waals surface area contributed by atoms with E-state index in [4.69, 9.17) is 14.6 Å². The molecular formula is C11H12Br2O4. The summed E-state index contributed by atoms with van der Waals surface area (Å²) in [5.41, 5.74) is 0.798. The van der Waals surface area contributed by atoms with Gasteiger partial charge in [-0.3, -0.25) is 4.79 Å². The van der Waals surface area contributed by atoms with E-state index in [2.05, 4.69) is 31.9 Å². The summed E-state index contributed by atoms with van der Waals surface area (Å²) in [7, 11) is 3.08. The van der Waals surface area contributed by atoms with Gasteiger partial charge in [0.25, 0.3) is 0 Å². The van der Waals surface area contributed by atoms with Gasteiger partial charge in [-0.15, -0.1) is 0 Å². The molecule has 94 valence electrons. The molecule has 0 aliphatic rings. The van der Waals surface area contributed by atoms with Crippen molar-refractivity contribution in [2.75, 3.05) is 14.2 Å². The van der Waals surface area contributed by atoms with E-state index < -0.39 is 10.8 Å². The Balaban J connectivity index is 3.03. The Labute approximate surface area is 116 Å². The van der Waals surface area contributed by atoms with Crippen molar-refractivity contribution in [2.24, 2.45) is 0 Å². The van der Waals surface area contributed by atoms with Crippen LogP contribution in [-0.2, 0) is 4.79 Å². The number of rotatable bonds is 5. The van der Waals surface area contributed by atoms with Gasteiger partial charge in [0.05, 0.1) is 19.0 Å². The molecule has 0 aliphatic heterocycles. The van der Waals surface area contributed by atoms with E-state index in [1.54, 1.807) is 25.3 Å². The second-order valence-corrected chi connectivity index (χ2v) is 5.23. The van der Waals surface area contributed by atoms with Gasteiger partial charge in [-0.1, -0.05) is 37.9 Å². The fourth-order valence-corrected chi connectivity index (χ4v) is 2.13. The van der Waals surface area contributed by atoms with Crippen LogP contribution in [0.15, 0.2) is 18.2 Å². The summed E-state index contributed by atoms with van der Waals surface area (Å²) in [5, 5.41) is 8.91. The van der Waals surface area contributed by atoms with Crippen LogP contribution in [0.25, 0.3) is 0 Å². The lowest BCUT2D eigenvalue weighted by Crippen LogP contribution is -2.17. The fraction of sp³-hybridized carbons (Fsp3) is 0.364. The van der Waals surface area contributed by atoms with Crippen LogP contribution in [0.5, 0.6) is 11.5 Å². The topological polar surface area (TPSA) is 55.8 Å². The molecule has 4 nitrogen and oxygen atoms in total. The second-order valence-electron chi connectivity index (χ2n) is 3.26. The highest BCUT2D eigenvalue weighted by Gasteiger charge is 2.25. The van der Waals surface area contributed by atoms with Crippen LogP contribution >= 0.6 is 31.9 Å². The van der Waals surface area contributed by atoms with Crippen LogP contribution in [0.4, 0.5) is 0 Å². The molecule has 2 atom stereocenters. The lowest BCUT2D eigenvalue weighted by atomic mass is 10.1. The number of benzene rings is 1. The van der Waals surface area contributed by atoms with E-state index >= 15 is 0 Å². The van der Waals surface area contributed by atoms with Gasteiger partial charge >= 0.3 is 5.97 Å². The number of methoxy groups -OCH3 is 2. The minimum Gasteiger partial charge on any atom is -0.493 e. The van der Waals surface area contributed by atoms with Crippen LogP contribution in [0, 0.1) is 0 Å². The van der Waals surface area contributed by atoms with Crippen molar-refractivity contribution in [3.8, 4) is 11.5 Å². The first-order valence-electron chi connectivity index (χ1n) is 4.74. The highest BCUT2D eigenvalue weighted by molar-refractivity contribution is 9.12. The number of ether oxygens (including phenoxy) is 2. The third-order valence-electron chi connectivity index (χ3n) is 2.22. The molecule has 1 aromatic rings. The quantitative estimate of drug-likeness (QED) is 0.813. The van der Waals surface area contributed by atoms with Gasteiger partial charge in [0, 0.05) is 0 Å². The van der Waals surface area contributed by atoms with Crippen molar-refractivity contribution >= 4 is 37.8 Å². The maximum absolute atomic E-state index is 10.9. The highest BCUT2D eigenvalue weighted by Crippen LogP contribution is 2.36. The summed E-state index contributed by atoms with van der Waals surface area (Å²) in [5.74, 6) is 0.249. The predicted molar refractivity (Wildman–Crippen MR) is 71.6 cm³/mol. The summed E-state index contributed by atoms with van der Waals surface area (Å²) in [6.07, 6.45) is 0. The Morgan fingerprint density at radius 2 is 1.82 bits per heavy atom. The zero-order valence-corrected chi connectivity index (χ0v) is 12.5. The van der Waals surface area contributed by atoms with Crippen LogP contribution in [0.3, 0.4) is 0 Å². The van der Waals surface area contributed by atoms with Crippen molar-refractivity contribution in [3.63, 3.8) is 0 Å².